The van der Waals surface area contributed by atoms with Crippen LogP contribution in [0, 0.1) is 0 Å². The van der Waals surface area contributed by atoms with E-state index >= 15 is 0 Å². The fraction of sp³-hybridized carbons (Fsp3) is 1.00. The van der Waals surface area contributed by atoms with Gasteiger partial charge in [0.25, 0.3) is 0 Å². The van der Waals surface area contributed by atoms with Crippen molar-refractivity contribution in [3.8, 4) is 0 Å². The third-order valence-electron chi connectivity index (χ3n) is 1.25. The number of rotatable bonds is 7. The van der Waals surface area contributed by atoms with E-state index in [1.165, 1.54) is 25.0 Å². The average molecular weight is 180 g/mol. The second-order valence-electron chi connectivity index (χ2n) is 2.13. The normalized spacial score (nSPS) is 10.2. The van der Waals surface area contributed by atoms with Gasteiger partial charge in [-0.1, -0.05) is 34.4 Å². The van der Waals surface area contributed by atoms with Crippen LogP contribution in [0.2, 0.25) is 0 Å². The highest BCUT2D eigenvalue weighted by Gasteiger charge is 1.88. The van der Waals surface area contributed by atoms with Gasteiger partial charge in [0, 0.05) is 12.4 Å². The highest BCUT2D eigenvalue weighted by molar-refractivity contribution is 8.76. The molecule has 0 heterocycles. The van der Waals surface area contributed by atoms with Gasteiger partial charge < -0.3 is 5.11 Å². The van der Waals surface area contributed by atoms with Gasteiger partial charge in [-0.25, -0.2) is 0 Å². The molecule has 0 aliphatic heterocycles. The molecule has 0 amide bonds. The lowest BCUT2D eigenvalue weighted by Crippen LogP contribution is -1.83. The zero-order chi connectivity index (χ0) is 7.66. The molecule has 0 aromatic heterocycles. The summed E-state index contributed by atoms with van der Waals surface area (Å²) >= 11 is 0. The number of aliphatic hydroxyl groups is 1. The molecule has 0 radical (unpaired) electrons. The van der Waals surface area contributed by atoms with E-state index in [4.69, 9.17) is 5.11 Å². The van der Waals surface area contributed by atoms with E-state index in [9.17, 15) is 0 Å². The quantitative estimate of drug-likeness (QED) is 0.480. The van der Waals surface area contributed by atoms with Gasteiger partial charge in [0.05, 0.1) is 0 Å². The number of hydrogen-bond acceptors (Lipinski definition) is 3. The van der Waals surface area contributed by atoms with Crippen molar-refractivity contribution in [1.29, 1.82) is 0 Å². The Balaban J connectivity index is 2.65. The zero-order valence-electron chi connectivity index (χ0n) is 6.51. The highest BCUT2D eigenvalue weighted by atomic mass is 33.1. The lowest BCUT2D eigenvalue weighted by Gasteiger charge is -1.97. The predicted molar refractivity (Wildman–Crippen MR) is 51.5 cm³/mol. The Morgan fingerprint density at radius 3 is 2.40 bits per heavy atom. The van der Waals surface area contributed by atoms with Crippen molar-refractivity contribution in [2.45, 2.75) is 25.7 Å². The topological polar surface area (TPSA) is 20.2 Å². The summed E-state index contributed by atoms with van der Waals surface area (Å²) in [6.07, 6.45) is 6.84. The lowest BCUT2D eigenvalue weighted by atomic mass is 10.2. The first-order valence-electron chi connectivity index (χ1n) is 3.68. The van der Waals surface area contributed by atoms with Crippen LogP contribution in [0.1, 0.15) is 25.7 Å². The van der Waals surface area contributed by atoms with Crippen LogP contribution in [0.25, 0.3) is 0 Å². The third kappa shape index (κ3) is 8.66. The maximum absolute atomic E-state index is 8.46. The summed E-state index contributed by atoms with van der Waals surface area (Å²) < 4.78 is 0. The molecule has 0 saturated carbocycles. The van der Waals surface area contributed by atoms with E-state index in [0.29, 0.717) is 6.61 Å². The lowest BCUT2D eigenvalue weighted by molar-refractivity contribution is 0.283. The molecule has 0 bridgehead atoms. The van der Waals surface area contributed by atoms with Crippen LogP contribution in [0.4, 0.5) is 0 Å². The van der Waals surface area contributed by atoms with Crippen LogP contribution in [0.5, 0.6) is 0 Å². The molecular formula is C7H16OS2. The molecule has 62 valence electrons. The summed E-state index contributed by atoms with van der Waals surface area (Å²) in [6, 6.07) is 0. The first-order valence-corrected chi connectivity index (χ1v) is 6.41. The van der Waals surface area contributed by atoms with Crippen LogP contribution in [-0.4, -0.2) is 23.7 Å². The molecule has 0 unspecified atom stereocenters. The summed E-state index contributed by atoms with van der Waals surface area (Å²) in [5.41, 5.74) is 0. The van der Waals surface area contributed by atoms with Gasteiger partial charge in [-0.3, -0.25) is 0 Å². The Morgan fingerprint density at radius 1 is 1.10 bits per heavy atom. The molecule has 0 aliphatic rings. The summed E-state index contributed by atoms with van der Waals surface area (Å²) in [6.45, 7) is 0.357. The second kappa shape index (κ2) is 9.66. The van der Waals surface area contributed by atoms with E-state index in [2.05, 4.69) is 6.26 Å². The monoisotopic (exact) mass is 180 g/mol. The van der Waals surface area contributed by atoms with Crippen LogP contribution in [0.3, 0.4) is 0 Å². The molecule has 0 aromatic rings. The zero-order valence-corrected chi connectivity index (χ0v) is 8.14. The first kappa shape index (κ1) is 10.7. The van der Waals surface area contributed by atoms with E-state index in [-0.39, 0.29) is 0 Å². The molecule has 1 nitrogen and oxygen atoms in total. The fourth-order valence-electron chi connectivity index (χ4n) is 0.710. The minimum absolute atomic E-state index is 0.357. The molecular weight excluding hydrogens is 164 g/mol. The van der Waals surface area contributed by atoms with E-state index in [1.54, 1.807) is 0 Å². The summed E-state index contributed by atoms with van der Waals surface area (Å²) in [5.74, 6) is 1.26. The van der Waals surface area contributed by atoms with Gasteiger partial charge in [0.15, 0.2) is 0 Å². The van der Waals surface area contributed by atoms with E-state index in [0.717, 1.165) is 6.42 Å². The summed E-state index contributed by atoms with van der Waals surface area (Å²) in [4.78, 5) is 0. The second-order valence-corrected chi connectivity index (χ2v) is 4.81. The summed E-state index contributed by atoms with van der Waals surface area (Å²) in [7, 11) is 3.75. The molecule has 1 N–H and O–H groups in total. The standard InChI is InChI=1S/C7H16OS2/c1-9-10-7-5-3-2-4-6-8/h8H,2-7H2,1H3. The molecule has 0 spiro atoms. The SMILES string of the molecule is CSSCCCCCCO. The Hall–Kier alpha value is 0.660. The molecule has 3 heteroatoms. The Labute approximate surface area is 71.4 Å². The van der Waals surface area contributed by atoms with Crippen molar-refractivity contribution in [3.05, 3.63) is 0 Å². The van der Waals surface area contributed by atoms with Gasteiger partial charge in [-0.05, 0) is 19.1 Å². The largest absolute Gasteiger partial charge is 0.396 e. The van der Waals surface area contributed by atoms with Crippen molar-refractivity contribution in [2.75, 3.05) is 18.6 Å². The molecule has 0 aliphatic carbocycles. The third-order valence-corrected chi connectivity index (χ3v) is 3.15. The fourth-order valence-corrected chi connectivity index (χ4v) is 2.05. The Kier molecular flexibility index (Phi) is 10.3. The molecule has 0 fully saturated rings. The minimum Gasteiger partial charge on any atom is -0.396 e. The highest BCUT2D eigenvalue weighted by Crippen LogP contribution is 2.18. The molecule has 10 heavy (non-hydrogen) atoms. The van der Waals surface area contributed by atoms with Gasteiger partial charge in [-0.15, -0.1) is 0 Å². The average Bonchev–Trinajstić information content (AvgIpc) is 1.97. The number of hydrogen-bond donors (Lipinski definition) is 1. The maximum atomic E-state index is 8.46. The van der Waals surface area contributed by atoms with Gasteiger partial charge in [0.1, 0.15) is 0 Å². The van der Waals surface area contributed by atoms with Gasteiger partial charge in [0.2, 0.25) is 0 Å². The van der Waals surface area contributed by atoms with Crippen LogP contribution in [0.15, 0.2) is 0 Å². The van der Waals surface area contributed by atoms with Gasteiger partial charge in [-0.2, -0.15) is 0 Å². The maximum Gasteiger partial charge on any atom is 0.0431 e. The molecule has 0 rings (SSSR count). The molecule has 0 aromatic carbocycles. The number of aliphatic hydroxyl groups excluding tert-OH is 1. The minimum atomic E-state index is 0.357. The van der Waals surface area contributed by atoms with Crippen molar-refractivity contribution < 1.29 is 5.11 Å². The van der Waals surface area contributed by atoms with Crippen LogP contribution in [-0.2, 0) is 0 Å². The van der Waals surface area contributed by atoms with E-state index in [1.807, 2.05) is 21.6 Å². The Morgan fingerprint density at radius 2 is 1.80 bits per heavy atom. The van der Waals surface area contributed by atoms with Crippen LogP contribution < -0.4 is 0 Å². The van der Waals surface area contributed by atoms with Crippen molar-refractivity contribution >= 4 is 21.6 Å². The van der Waals surface area contributed by atoms with Crippen LogP contribution >= 0.6 is 21.6 Å². The van der Waals surface area contributed by atoms with Gasteiger partial charge >= 0.3 is 0 Å². The smallest absolute Gasteiger partial charge is 0.0431 e. The molecule has 0 atom stereocenters. The Bertz CT molecular complexity index is 51.6. The number of unbranched alkanes of at least 4 members (excludes halogenated alkanes) is 3. The molecule has 0 saturated heterocycles. The summed E-state index contributed by atoms with van der Waals surface area (Å²) in [5, 5.41) is 8.46. The van der Waals surface area contributed by atoms with E-state index < -0.39 is 0 Å². The van der Waals surface area contributed by atoms with Crippen molar-refractivity contribution in [3.63, 3.8) is 0 Å². The van der Waals surface area contributed by atoms with Crippen molar-refractivity contribution in [2.24, 2.45) is 0 Å². The first-order chi connectivity index (χ1) is 4.91. The van der Waals surface area contributed by atoms with Crippen molar-refractivity contribution in [1.82, 2.24) is 0 Å². The predicted octanol–water partition coefficient (Wildman–Crippen LogP) is 2.55.